The second kappa shape index (κ2) is 6.36. The third-order valence-electron chi connectivity index (χ3n) is 3.20. The second-order valence-electron chi connectivity index (χ2n) is 4.80. The van der Waals surface area contributed by atoms with E-state index in [1.807, 2.05) is 6.92 Å². The van der Waals surface area contributed by atoms with Crippen LogP contribution in [0.3, 0.4) is 0 Å². The average molecular weight is 360 g/mol. The molecule has 0 aliphatic rings. The molecule has 7 heteroatoms. The summed E-state index contributed by atoms with van der Waals surface area (Å²) in [4.78, 5) is 0.00365. The summed E-state index contributed by atoms with van der Waals surface area (Å²) < 4.78 is 32.8. The van der Waals surface area contributed by atoms with Crippen molar-refractivity contribution in [2.24, 2.45) is 0 Å². The van der Waals surface area contributed by atoms with Gasteiger partial charge in [0.2, 0.25) is 0 Å². The second-order valence-corrected chi connectivity index (χ2v) is 7.35. The predicted octanol–water partition coefficient (Wildman–Crippen LogP) is 4.42. The van der Waals surface area contributed by atoms with E-state index in [4.69, 9.17) is 27.9 Å². The highest BCUT2D eigenvalue weighted by Crippen LogP contribution is 2.31. The number of nitrogens with one attached hydrogen (secondary N) is 1. The van der Waals surface area contributed by atoms with Gasteiger partial charge < -0.3 is 4.74 Å². The van der Waals surface area contributed by atoms with Crippen LogP contribution in [0.4, 0.5) is 5.69 Å². The van der Waals surface area contributed by atoms with Gasteiger partial charge in [0.05, 0.1) is 17.7 Å². The molecule has 0 atom stereocenters. The molecule has 1 N–H and O–H groups in total. The quantitative estimate of drug-likeness (QED) is 0.878. The summed E-state index contributed by atoms with van der Waals surface area (Å²) in [5, 5.41) is 0.511. The molecule has 22 heavy (non-hydrogen) atoms. The fourth-order valence-electron chi connectivity index (χ4n) is 2.14. The number of ether oxygens (including phenoxy) is 1. The van der Waals surface area contributed by atoms with Gasteiger partial charge in [0.15, 0.2) is 0 Å². The van der Waals surface area contributed by atoms with Gasteiger partial charge in [-0.15, -0.1) is 0 Å². The van der Waals surface area contributed by atoms with Crippen molar-refractivity contribution in [3.05, 3.63) is 51.5 Å². The zero-order valence-electron chi connectivity index (χ0n) is 12.3. The van der Waals surface area contributed by atoms with Gasteiger partial charge in [-0.2, -0.15) is 0 Å². The molecule has 0 saturated heterocycles. The Kier molecular flexibility index (Phi) is 4.90. The Balaban J connectivity index is 2.45. The van der Waals surface area contributed by atoms with Crippen LogP contribution in [0.15, 0.2) is 35.2 Å². The molecule has 0 aliphatic carbocycles. The highest BCUT2D eigenvalue weighted by atomic mass is 35.5. The van der Waals surface area contributed by atoms with E-state index in [-0.39, 0.29) is 14.9 Å². The van der Waals surface area contributed by atoms with Crippen molar-refractivity contribution in [1.82, 2.24) is 0 Å². The van der Waals surface area contributed by atoms with Gasteiger partial charge in [0, 0.05) is 15.6 Å². The lowest BCUT2D eigenvalue weighted by Gasteiger charge is -2.15. The molecule has 0 fully saturated rings. The van der Waals surface area contributed by atoms with E-state index in [2.05, 4.69) is 4.72 Å². The Hall–Kier alpha value is -1.43. The molecule has 0 saturated carbocycles. The first-order valence-corrected chi connectivity index (χ1v) is 8.61. The Morgan fingerprint density at radius 3 is 2.18 bits per heavy atom. The summed E-state index contributed by atoms with van der Waals surface area (Å²) in [6, 6.07) is 7.64. The van der Waals surface area contributed by atoms with Crippen LogP contribution in [0.2, 0.25) is 10.0 Å². The first kappa shape index (κ1) is 16.9. The normalized spacial score (nSPS) is 11.3. The van der Waals surface area contributed by atoms with E-state index in [0.717, 1.165) is 5.56 Å². The van der Waals surface area contributed by atoms with Gasteiger partial charge in [-0.1, -0.05) is 29.3 Å². The summed E-state index contributed by atoms with van der Waals surface area (Å²) in [6.45, 7) is 3.68. The van der Waals surface area contributed by atoms with Crippen molar-refractivity contribution in [2.75, 3.05) is 11.8 Å². The van der Waals surface area contributed by atoms with Crippen LogP contribution in [0.25, 0.3) is 0 Å². The number of benzene rings is 2. The molecule has 0 unspecified atom stereocenters. The van der Waals surface area contributed by atoms with Crippen LogP contribution >= 0.6 is 23.2 Å². The third-order valence-corrected chi connectivity index (χ3v) is 4.98. The summed E-state index contributed by atoms with van der Waals surface area (Å²) in [7, 11) is -2.25. The van der Waals surface area contributed by atoms with Crippen LogP contribution in [0.5, 0.6) is 5.75 Å². The molecule has 0 aromatic heterocycles. The molecule has 118 valence electrons. The van der Waals surface area contributed by atoms with Crippen LogP contribution in [0, 0.1) is 13.8 Å². The number of methoxy groups -OCH3 is 1. The Bertz CT molecular complexity index is 800. The minimum Gasteiger partial charge on any atom is -0.496 e. The Labute approximate surface area is 140 Å². The van der Waals surface area contributed by atoms with Gasteiger partial charge in [0.1, 0.15) is 5.75 Å². The van der Waals surface area contributed by atoms with Gasteiger partial charge >= 0.3 is 0 Å². The maximum atomic E-state index is 12.5. The monoisotopic (exact) mass is 359 g/mol. The molecule has 0 heterocycles. The van der Waals surface area contributed by atoms with E-state index in [1.54, 1.807) is 26.2 Å². The van der Waals surface area contributed by atoms with E-state index < -0.39 is 10.0 Å². The molecular weight excluding hydrogens is 345 g/mol. The summed E-state index contributed by atoms with van der Waals surface area (Å²) >= 11 is 11.7. The third kappa shape index (κ3) is 3.48. The standard InChI is InChI=1S/C15H15Cl2NO3S/c1-9-4-5-14(10(2)15(9)21-3)18-22(19,20)13-7-11(16)6-12(17)8-13/h4-8,18H,1-3H3. The number of halogens is 2. The van der Waals surface area contributed by atoms with Crippen molar-refractivity contribution < 1.29 is 13.2 Å². The molecule has 0 spiro atoms. The lowest BCUT2D eigenvalue weighted by molar-refractivity contribution is 0.409. The topological polar surface area (TPSA) is 55.4 Å². The predicted molar refractivity (Wildman–Crippen MR) is 89.7 cm³/mol. The highest BCUT2D eigenvalue weighted by Gasteiger charge is 2.18. The summed E-state index contributed by atoms with van der Waals surface area (Å²) in [5.74, 6) is 0.643. The van der Waals surface area contributed by atoms with Crippen molar-refractivity contribution in [1.29, 1.82) is 0 Å². The van der Waals surface area contributed by atoms with Gasteiger partial charge in [-0.3, -0.25) is 4.72 Å². The lowest BCUT2D eigenvalue weighted by atomic mass is 10.1. The highest BCUT2D eigenvalue weighted by molar-refractivity contribution is 7.92. The minimum absolute atomic E-state index is 0.00365. The van der Waals surface area contributed by atoms with Gasteiger partial charge in [0.25, 0.3) is 10.0 Å². The molecule has 0 aliphatic heterocycles. The summed E-state index contributed by atoms with van der Waals surface area (Å²) in [5.41, 5.74) is 2.08. The van der Waals surface area contributed by atoms with Crippen LogP contribution in [-0.2, 0) is 10.0 Å². The van der Waals surface area contributed by atoms with Crippen molar-refractivity contribution >= 4 is 38.9 Å². The SMILES string of the molecule is COc1c(C)ccc(NS(=O)(=O)c2cc(Cl)cc(Cl)c2)c1C. The van der Waals surface area contributed by atoms with Crippen molar-refractivity contribution in [3.8, 4) is 5.75 Å². The van der Waals surface area contributed by atoms with Gasteiger partial charge in [-0.05, 0) is 43.7 Å². The van der Waals surface area contributed by atoms with Crippen molar-refractivity contribution in [2.45, 2.75) is 18.7 Å². The molecule has 0 radical (unpaired) electrons. The van der Waals surface area contributed by atoms with E-state index in [1.165, 1.54) is 18.2 Å². The smallest absolute Gasteiger partial charge is 0.262 e. The van der Waals surface area contributed by atoms with Crippen molar-refractivity contribution in [3.63, 3.8) is 0 Å². The molecule has 0 bridgehead atoms. The zero-order chi connectivity index (χ0) is 16.5. The van der Waals surface area contributed by atoms with Gasteiger partial charge in [-0.25, -0.2) is 8.42 Å². The molecule has 2 aromatic carbocycles. The first-order valence-electron chi connectivity index (χ1n) is 6.37. The fourth-order valence-corrected chi connectivity index (χ4v) is 3.99. The molecule has 2 aromatic rings. The molecule has 0 amide bonds. The number of anilines is 1. The van der Waals surface area contributed by atoms with E-state index in [9.17, 15) is 8.42 Å². The first-order chi connectivity index (χ1) is 10.2. The number of rotatable bonds is 4. The summed E-state index contributed by atoms with van der Waals surface area (Å²) in [6.07, 6.45) is 0. The van der Waals surface area contributed by atoms with E-state index >= 15 is 0 Å². The van der Waals surface area contributed by atoms with E-state index in [0.29, 0.717) is 17.0 Å². The number of hydrogen-bond acceptors (Lipinski definition) is 3. The zero-order valence-corrected chi connectivity index (χ0v) is 14.6. The number of aryl methyl sites for hydroxylation is 1. The lowest BCUT2D eigenvalue weighted by Crippen LogP contribution is -2.14. The molecule has 4 nitrogen and oxygen atoms in total. The average Bonchev–Trinajstić information content (AvgIpc) is 2.41. The van der Waals surface area contributed by atoms with Crippen LogP contribution in [0.1, 0.15) is 11.1 Å². The number of hydrogen-bond donors (Lipinski definition) is 1. The maximum absolute atomic E-state index is 12.5. The Morgan fingerprint density at radius 1 is 1.05 bits per heavy atom. The fraction of sp³-hybridized carbons (Fsp3) is 0.200. The molecule has 2 rings (SSSR count). The number of sulfonamides is 1. The van der Waals surface area contributed by atoms with Crippen LogP contribution < -0.4 is 9.46 Å². The Morgan fingerprint density at radius 2 is 1.64 bits per heavy atom. The maximum Gasteiger partial charge on any atom is 0.262 e. The largest absolute Gasteiger partial charge is 0.496 e. The van der Waals surface area contributed by atoms with Crippen LogP contribution in [-0.4, -0.2) is 15.5 Å². The molecular formula is C15H15Cl2NO3S. The minimum atomic E-state index is -3.79.